The van der Waals surface area contributed by atoms with Crippen LogP contribution in [0, 0.1) is 6.92 Å². The van der Waals surface area contributed by atoms with Crippen LogP contribution in [0.3, 0.4) is 0 Å². The summed E-state index contributed by atoms with van der Waals surface area (Å²) in [5.74, 6) is 0.0597. The highest BCUT2D eigenvalue weighted by Crippen LogP contribution is 2.29. The minimum Gasteiger partial charge on any atom is -0.384 e. The number of rotatable bonds is 2. The molecule has 1 atom stereocenters. The summed E-state index contributed by atoms with van der Waals surface area (Å²) < 4.78 is 0. The molecule has 0 saturated carbocycles. The highest BCUT2D eigenvalue weighted by molar-refractivity contribution is 5.93. The lowest BCUT2D eigenvalue weighted by atomic mass is 9.95. The van der Waals surface area contributed by atoms with E-state index in [9.17, 15) is 9.90 Å². The molecule has 0 fully saturated rings. The Morgan fingerprint density at radius 3 is 2.70 bits per heavy atom. The Bertz CT molecular complexity index is 664. The number of amides is 1. The van der Waals surface area contributed by atoms with Gasteiger partial charge in [-0.05, 0) is 36.1 Å². The van der Waals surface area contributed by atoms with E-state index in [4.69, 9.17) is 0 Å². The lowest BCUT2D eigenvalue weighted by Gasteiger charge is -2.19. The van der Waals surface area contributed by atoms with Crippen molar-refractivity contribution in [1.29, 1.82) is 0 Å². The van der Waals surface area contributed by atoms with Gasteiger partial charge in [-0.3, -0.25) is 4.79 Å². The van der Waals surface area contributed by atoms with Gasteiger partial charge >= 0.3 is 0 Å². The largest absolute Gasteiger partial charge is 0.384 e. The number of hydrogen-bond acceptors (Lipinski definition) is 2. The van der Waals surface area contributed by atoms with Gasteiger partial charge in [0.05, 0.1) is 0 Å². The molecule has 0 radical (unpaired) electrons. The van der Waals surface area contributed by atoms with Crippen LogP contribution in [0.4, 0.5) is 5.69 Å². The number of fused-ring (bicyclic) bond motifs is 1. The summed E-state index contributed by atoms with van der Waals surface area (Å²) in [6, 6.07) is 13.6. The molecule has 0 spiro atoms. The van der Waals surface area contributed by atoms with Crippen molar-refractivity contribution < 1.29 is 9.90 Å². The average Bonchev–Trinajstić information content (AvgIpc) is 2.46. The Morgan fingerprint density at radius 2 is 1.90 bits per heavy atom. The fourth-order valence-electron chi connectivity index (χ4n) is 2.61. The number of benzene rings is 2. The van der Waals surface area contributed by atoms with E-state index in [1.165, 1.54) is 0 Å². The second-order valence-corrected chi connectivity index (χ2v) is 5.28. The third-order valence-electron chi connectivity index (χ3n) is 3.70. The molecule has 1 amide bonds. The Balaban J connectivity index is 1.93. The molecular weight excluding hydrogens is 250 g/mol. The van der Waals surface area contributed by atoms with Crippen molar-refractivity contribution >= 4 is 11.6 Å². The van der Waals surface area contributed by atoms with Crippen molar-refractivity contribution in [2.45, 2.75) is 25.9 Å². The van der Waals surface area contributed by atoms with E-state index in [0.29, 0.717) is 6.42 Å². The molecule has 3 heteroatoms. The highest BCUT2D eigenvalue weighted by atomic mass is 16.3. The van der Waals surface area contributed by atoms with Gasteiger partial charge in [-0.15, -0.1) is 0 Å². The van der Waals surface area contributed by atoms with E-state index in [2.05, 4.69) is 5.32 Å². The van der Waals surface area contributed by atoms with Crippen LogP contribution < -0.4 is 5.32 Å². The van der Waals surface area contributed by atoms with Crippen molar-refractivity contribution in [1.82, 2.24) is 0 Å². The van der Waals surface area contributed by atoms with Crippen molar-refractivity contribution in [3.8, 4) is 0 Å². The number of carbonyl (C=O) groups excluding carboxylic acids is 1. The lowest BCUT2D eigenvalue weighted by Crippen LogP contribution is -2.19. The maximum atomic E-state index is 11.3. The Kier molecular flexibility index (Phi) is 3.28. The maximum Gasteiger partial charge on any atom is 0.224 e. The molecule has 1 heterocycles. The second-order valence-electron chi connectivity index (χ2n) is 5.28. The fraction of sp³-hybridized carbons (Fsp3) is 0.235. The zero-order valence-electron chi connectivity index (χ0n) is 11.4. The molecule has 0 aliphatic carbocycles. The molecular formula is C17H17NO2. The number of carbonyl (C=O) groups is 1. The molecule has 0 aromatic heterocycles. The van der Waals surface area contributed by atoms with Crippen LogP contribution in [0.25, 0.3) is 0 Å². The predicted molar refractivity (Wildman–Crippen MR) is 78.6 cm³/mol. The van der Waals surface area contributed by atoms with Gasteiger partial charge in [0.2, 0.25) is 5.91 Å². The molecule has 1 aliphatic heterocycles. The van der Waals surface area contributed by atoms with Gasteiger partial charge in [-0.1, -0.05) is 42.0 Å². The Labute approximate surface area is 118 Å². The summed E-state index contributed by atoms with van der Waals surface area (Å²) in [5, 5.41) is 13.3. The van der Waals surface area contributed by atoms with E-state index in [1.807, 2.05) is 49.4 Å². The first-order chi connectivity index (χ1) is 9.63. The van der Waals surface area contributed by atoms with Gasteiger partial charge in [0.15, 0.2) is 0 Å². The molecule has 0 bridgehead atoms. The molecule has 2 aromatic carbocycles. The summed E-state index contributed by atoms with van der Waals surface area (Å²) in [4.78, 5) is 11.3. The first-order valence-corrected chi connectivity index (χ1v) is 6.81. The maximum absolute atomic E-state index is 11.3. The monoisotopic (exact) mass is 267 g/mol. The summed E-state index contributed by atoms with van der Waals surface area (Å²) in [5.41, 5.74) is 4.84. The molecule has 3 nitrogen and oxygen atoms in total. The number of hydrogen-bond donors (Lipinski definition) is 2. The van der Waals surface area contributed by atoms with Gasteiger partial charge < -0.3 is 10.4 Å². The number of aliphatic hydroxyl groups excluding tert-OH is 1. The van der Waals surface area contributed by atoms with E-state index in [1.54, 1.807) is 0 Å². The summed E-state index contributed by atoms with van der Waals surface area (Å²) >= 11 is 0. The summed E-state index contributed by atoms with van der Waals surface area (Å²) in [6.45, 7) is 2.01. The highest BCUT2D eigenvalue weighted by Gasteiger charge is 2.17. The number of aliphatic hydroxyl groups is 1. The number of aryl methyl sites for hydroxylation is 2. The van der Waals surface area contributed by atoms with Crippen LogP contribution in [0.1, 0.15) is 34.8 Å². The van der Waals surface area contributed by atoms with Gasteiger partial charge in [0.1, 0.15) is 6.10 Å². The molecule has 0 saturated heterocycles. The lowest BCUT2D eigenvalue weighted by molar-refractivity contribution is -0.116. The zero-order valence-corrected chi connectivity index (χ0v) is 11.4. The van der Waals surface area contributed by atoms with Crippen LogP contribution in [0.15, 0.2) is 42.5 Å². The molecule has 102 valence electrons. The average molecular weight is 267 g/mol. The summed E-state index contributed by atoms with van der Waals surface area (Å²) in [7, 11) is 0. The van der Waals surface area contributed by atoms with Gasteiger partial charge in [0, 0.05) is 12.1 Å². The van der Waals surface area contributed by atoms with Gasteiger partial charge in [-0.2, -0.15) is 0 Å². The van der Waals surface area contributed by atoms with Crippen molar-refractivity contribution in [3.05, 3.63) is 64.7 Å². The number of anilines is 1. The molecule has 2 aromatic rings. The fourth-order valence-corrected chi connectivity index (χ4v) is 2.61. The minimum atomic E-state index is -0.627. The van der Waals surface area contributed by atoms with E-state index >= 15 is 0 Å². The quantitative estimate of drug-likeness (QED) is 0.879. The second kappa shape index (κ2) is 5.10. The SMILES string of the molecule is Cc1cccc(C(O)c2ccc3c(c2)CCC(=O)N3)c1. The van der Waals surface area contributed by atoms with Crippen molar-refractivity contribution in [2.24, 2.45) is 0 Å². The Morgan fingerprint density at radius 1 is 1.10 bits per heavy atom. The summed E-state index contributed by atoms with van der Waals surface area (Å²) in [6.07, 6.45) is 0.616. The molecule has 1 aliphatic rings. The molecule has 20 heavy (non-hydrogen) atoms. The van der Waals surface area contributed by atoms with Crippen molar-refractivity contribution in [2.75, 3.05) is 5.32 Å². The van der Waals surface area contributed by atoms with Gasteiger partial charge in [0.25, 0.3) is 0 Å². The van der Waals surface area contributed by atoms with E-state index in [-0.39, 0.29) is 5.91 Å². The van der Waals surface area contributed by atoms with Crippen LogP contribution in [-0.2, 0) is 11.2 Å². The Hall–Kier alpha value is -2.13. The van der Waals surface area contributed by atoms with Crippen LogP contribution in [-0.4, -0.2) is 11.0 Å². The third kappa shape index (κ3) is 2.45. The molecule has 1 unspecified atom stereocenters. The third-order valence-corrected chi connectivity index (χ3v) is 3.70. The van der Waals surface area contributed by atoms with Gasteiger partial charge in [-0.25, -0.2) is 0 Å². The zero-order chi connectivity index (χ0) is 14.1. The standard InChI is InChI=1S/C17H17NO2/c1-11-3-2-4-13(9-11)17(20)14-5-7-15-12(10-14)6-8-16(19)18-15/h2-5,7,9-10,17,20H,6,8H2,1H3,(H,18,19). The smallest absolute Gasteiger partial charge is 0.224 e. The van der Waals surface area contributed by atoms with Crippen LogP contribution in [0.2, 0.25) is 0 Å². The first-order valence-electron chi connectivity index (χ1n) is 6.81. The molecule has 3 rings (SSSR count). The van der Waals surface area contributed by atoms with Crippen LogP contribution in [0.5, 0.6) is 0 Å². The number of nitrogens with one attached hydrogen (secondary N) is 1. The topological polar surface area (TPSA) is 49.3 Å². The van der Waals surface area contributed by atoms with Crippen molar-refractivity contribution in [3.63, 3.8) is 0 Å². The molecule has 2 N–H and O–H groups in total. The normalized spacial score (nSPS) is 15.4. The first kappa shape index (κ1) is 12.9. The van der Waals surface area contributed by atoms with Crippen LogP contribution >= 0.6 is 0 Å². The van der Waals surface area contributed by atoms with E-state index < -0.39 is 6.10 Å². The van der Waals surface area contributed by atoms with E-state index in [0.717, 1.165) is 34.4 Å². The minimum absolute atomic E-state index is 0.0597. The predicted octanol–water partition coefficient (Wildman–Crippen LogP) is 2.96.